The number of primary amides is 1. The van der Waals surface area contributed by atoms with Crippen LogP contribution in [0.15, 0.2) is 33.6 Å². The second-order valence-electron chi connectivity index (χ2n) is 6.15. The van der Waals surface area contributed by atoms with Gasteiger partial charge in [0.1, 0.15) is 5.00 Å². The molecule has 1 aliphatic rings. The third kappa shape index (κ3) is 3.75. The Morgan fingerprint density at radius 3 is 2.64 bits per heavy atom. The van der Waals surface area contributed by atoms with Crippen LogP contribution in [0, 0.1) is 5.92 Å². The van der Waals surface area contributed by atoms with E-state index >= 15 is 0 Å². The molecule has 134 valence electrons. The molecule has 3 rings (SSSR count). The van der Waals surface area contributed by atoms with Crippen LogP contribution in [0.1, 0.15) is 40.6 Å². The van der Waals surface area contributed by atoms with Crippen molar-refractivity contribution in [3.05, 3.63) is 44.7 Å². The van der Waals surface area contributed by atoms with Gasteiger partial charge in [-0.2, -0.15) is 0 Å². The van der Waals surface area contributed by atoms with Gasteiger partial charge in [-0.1, -0.05) is 29.3 Å². The van der Waals surface area contributed by atoms with Crippen LogP contribution in [0.4, 0.5) is 5.00 Å². The third-order valence-corrected chi connectivity index (χ3v) is 7.74. The summed E-state index contributed by atoms with van der Waals surface area (Å²) in [5.41, 5.74) is 6.80. The van der Waals surface area contributed by atoms with Gasteiger partial charge in [-0.15, -0.1) is 11.3 Å². The largest absolute Gasteiger partial charge is 0.365 e. The lowest BCUT2D eigenvalue weighted by Gasteiger charge is -2.20. The maximum absolute atomic E-state index is 12.6. The molecule has 1 aromatic heterocycles. The molecule has 0 saturated carbocycles. The first-order chi connectivity index (χ1) is 11.8. The SMILES string of the molecule is CC[C@H]1CCc2c(sc(NS(=O)(=O)c3ccc(Br)cc3)c2C(N)=O)C1. The summed E-state index contributed by atoms with van der Waals surface area (Å²) in [5.74, 6) is -0.0104. The summed E-state index contributed by atoms with van der Waals surface area (Å²) in [6.45, 7) is 2.15. The van der Waals surface area contributed by atoms with Crippen molar-refractivity contribution in [2.24, 2.45) is 11.7 Å². The quantitative estimate of drug-likeness (QED) is 0.734. The Hall–Kier alpha value is -1.38. The lowest BCUT2D eigenvalue weighted by Crippen LogP contribution is -2.20. The summed E-state index contributed by atoms with van der Waals surface area (Å²) in [5, 5.41) is 0.331. The van der Waals surface area contributed by atoms with Gasteiger partial charge in [0.25, 0.3) is 15.9 Å². The van der Waals surface area contributed by atoms with Crippen LogP contribution in [0.3, 0.4) is 0 Å². The number of fused-ring (bicyclic) bond motifs is 1. The van der Waals surface area contributed by atoms with Crippen molar-refractivity contribution < 1.29 is 13.2 Å². The minimum Gasteiger partial charge on any atom is -0.365 e. The molecule has 25 heavy (non-hydrogen) atoms. The smallest absolute Gasteiger partial charge is 0.262 e. The van der Waals surface area contributed by atoms with Crippen molar-refractivity contribution >= 4 is 48.2 Å². The number of thiophene rings is 1. The van der Waals surface area contributed by atoms with Crippen molar-refractivity contribution in [3.8, 4) is 0 Å². The fourth-order valence-corrected chi connectivity index (χ4v) is 6.07. The van der Waals surface area contributed by atoms with E-state index in [0.29, 0.717) is 16.5 Å². The van der Waals surface area contributed by atoms with Crippen molar-refractivity contribution in [2.75, 3.05) is 4.72 Å². The number of anilines is 1. The molecule has 1 atom stereocenters. The van der Waals surface area contributed by atoms with E-state index in [2.05, 4.69) is 27.6 Å². The van der Waals surface area contributed by atoms with Crippen molar-refractivity contribution in [1.29, 1.82) is 0 Å². The number of benzene rings is 1. The van der Waals surface area contributed by atoms with E-state index in [9.17, 15) is 13.2 Å². The van der Waals surface area contributed by atoms with Gasteiger partial charge in [0.15, 0.2) is 0 Å². The van der Waals surface area contributed by atoms with Crippen LogP contribution in [-0.2, 0) is 22.9 Å². The second-order valence-corrected chi connectivity index (χ2v) is 9.85. The first-order valence-electron chi connectivity index (χ1n) is 8.04. The highest BCUT2D eigenvalue weighted by Crippen LogP contribution is 2.41. The van der Waals surface area contributed by atoms with E-state index in [1.165, 1.54) is 23.5 Å². The minimum absolute atomic E-state index is 0.143. The van der Waals surface area contributed by atoms with Crippen molar-refractivity contribution in [3.63, 3.8) is 0 Å². The highest BCUT2D eigenvalue weighted by Gasteiger charge is 2.29. The Balaban J connectivity index is 1.98. The average molecular weight is 443 g/mol. The zero-order chi connectivity index (χ0) is 18.2. The number of hydrogen-bond donors (Lipinski definition) is 2. The summed E-state index contributed by atoms with van der Waals surface area (Å²) >= 11 is 4.62. The number of carbonyl (C=O) groups excluding carboxylic acids is 1. The molecule has 5 nitrogen and oxygen atoms in total. The fourth-order valence-electron chi connectivity index (χ4n) is 3.13. The lowest BCUT2D eigenvalue weighted by molar-refractivity contribution is 0.100. The molecule has 1 aromatic carbocycles. The standard InChI is InChI=1S/C17H19BrN2O3S2/c1-2-10-3-8-13-14(9-10)24-17(15(13)16(19)21)20-25(22,23)12-6-4-11(18)5-7-12/h4-7,10,20H,2-3,8-9H2,1H3,(H2,19,21)/t10-/m0/s1. The van der Waals surface area contributed by atoms with Gasteiger partial charge in [0.05, 0.1) is 10.5 Å². The second kappa shape index (κ2) is 7.09. The average Bonchev–Trinajstić information content (AvgIpc) is 2.91. The molecule has 1 amide bonds. The highest BCUT2D eigenvalue weighted by molar-refractivity contribution is 9.10. The van der Waals surface area contributed by atoms with Crippen LogP contribution < -0.4 is 10.5 Å². The van der Waals surface area contributed by atoms with Crippen molar-refractivity contribution in [1.82, 2.24) is 0 Å². The molecular formula is C17H19BrN2O3S2. The number of rotatable bonds is 5. The zero-order valence-corrected chi connectivity index (χ0v) is 16.9. The molecule has 0 unspecified atom stereocenters. The first-order valence-corrected chi connectivity index (χ1v) is 11.1. The van der Waals surface area contributed by atoms with E-state index in [1.807, 2.05) is 0 Å². The number of carbonyl (C=O) groups is 1. The molecular weight excluding hydrogens is 424 g/mol. The van der Waals surface area contributed by atoms with Crippen LogP contribution in [-0.4, -0.2) is 14.3 Å². The predicted molar refractivity (Wildman–Crippen MR) is 104 cm³/mol. The number of hydrogen-bond acceptors (Lipinski definition) is 4. The van der Waals surface area contributed by atoms with Gasteiger partial charge in [0, 0.05) is 9.35 Å². The molecule has 0 bridgehead atoms. The van der Waals surface area contributed by atoms with Crippen LogP contribution in [0.5, 0.6) is 0 Å². The Labute approximate surface area is 159 Å². The Morgan fingerprint density at radius 2 is 2.04 bits per heavy atom. The van der Waals surface area contributed by atoms with E-state index in [1.54, 1.807) is 12.1 Å². The number of nitrogens with one attached hydrogen (secondary N) is 1. The van der Waals surface area contributed by atoms with E-state index in [4.69, 9.17) is 5.73 Å². The van der Waals surface area contributed by atoms with Gasteiger partial charge in [-0.3, -0.25) is 9.52 Å². The van der Waals surface area contributed by atoms with E-state index in [-0.39, 0.29) is 4.90 Å². The molecule has 1 heterocycles. The highest BCUT2D eigenvalue weighted by atomic mass is 79.9. The third-order valence-electron chi connectivity index (χ3n) is 4.54. The molecule has 0 aliphatic heterocycles. The number of nitrogens with two attached hydrogens (primary N) is 1. The monoisotopic (exact) mass is 442 g/mol. The van der Waals surface area contributed by atoms with Gasteiger partial charge in [-0.05, 0) is 55.0 Å². The topological polar surface area (TPSA) is 89.3 Å². The molecule has 0 radical (unpaired) electrons. The van der Waals surface area contributed by atoms with Gasteiger partial charge in [-0.25, -0.2) is 8.42 Å². The summed E-state index contributed by atoms with van der Waals surface area (Å²) < 4.78 is 28.7. The molecule has 0 saturated heterocycles. The molecule has 0 spiro atoms. The molecule has 1 aliphatic carbocycles. The van der Waals surface area contributed by atoms with Crippen molar-refractivity contribution in [2.45, 2.75) is 37.5 Å². The molecule has 8 heteroatoms. The molecule has 2 aromatic rings. The zero-order valence-electron chi connectivity index (χ0n) is 13.7. The Kier molecular flexibility index (Phi) is 5.22. The number of sulfonamides is 1. The van der Waals surface area contributed by atoms with Gasteiger partial charge >= 0.3 is 0 Å². The number of amides is 1. The Morgan fingerprint density at radius 1 is 1.36 bits per heavy atom. The van der Waals surface area contributed by atoms with Crippen LogP contribution in [0.2, 0.25) is 0 Å². The van der Waals surface area contributed by atoms with E-state index in [0.717, 1.165) is 40.6 Å². The summed E-state index contributed by atoms with van der Waals surface area (Å²) in [4.78, 5) is 13.2. The van der Waals surface area contributed by atoms with Crippen LogP contribution >= 0.6 is 27.3 Å². The minimum atomic E-state index is -3.77. The van der Waals surface area contributed by atoms with Gasteiger partial charge < -0.3 is 5.73 Å². The summed E-state index contributed by atoms with van der Waals surface area (Å²) in [6, 6.07) is 6.34. The molecule has 3 N–H and O–H groups in total. The van der Waals surface area contributed by atoms with E-state index < -0.39 is 15.9 Å². The number of halogens is 1. The molecule has 0 fully saturated rings. The van der Waals surface area contributed by atoms with Crippen LogP contribution in [0.25, 0.3) is 0 Å². The Bertz CT molecular complexity index is 905. The summed E-state index contributed by atoms with van der Waals surface area (Å²) in [7, 11) is -3.77. The normalized spacial score (nSPS) is 17.1. The van der Waals surface area contributed by atoms with Gasteiger partial charge in [0.2, 0.25) is 0 Å². The fraction of sp³-hybridized carbons (Fsp3) is 0.353. The lowest BCUT2D eigenvalue weighted by atomic mass is 9.85. The maximum Gasteiger partial charge on any atom is 0.262 e. The first kappa shape index (κ1) is 18.4. The summed E-state index contributed by atoms with van der Waals surface area (Å²) in [6.07, 6.45) is 3.71. The maximum atomic E-state index is 12.6. The predicted octanol–water partition coefficient (Wildman–Crippen LogP) is 3.93.